The highest BCUT2D eigenvalue weighted by Gasteiger charge is 2.30. The molecule has 2 rings (SSSR count). The molecule has 0 spiro atoms. The second-order valence-electron chi connectivity index (χ2n) is 6.36. The Labute approximate surface area is 167 Å². The van der Waals surface area contributed by atoms with E-state index in [1.54, 1.807) is 12.1 Å². The van der Waals surface area contributed by atoms with Crippen molar-refractivity contribution in [3.05, 3.63) is 34.9 Å². The van der Waals surface area contributed by atoms with Crippen molar-refractivity contribution < 1.29 is 28.7 Å². The van der Waals surface area contributed by atoms with Gasteiger partial charge in [0.1, 0.15) is 11.8 Å². The third-order valence-electron chi connectivity index (χ3n) is 4.40. The number of ether oxygens (including phenoxy) is 2. The average molecular weight is 408 g/mol. The molecule has 1 saturated heterocycles. The highest BCUT2D eigenvalue weighted by molar-refractivity contribution is 8.00. The molecule has 1 aromatic carbocycles. The van der Waals surface area contributed by atoms with E-state index in [4.69, 9.17) is 9.47 Å². The van der Waals surface area contributed by atoms with Crippen LogP contribution in [0.3, 0.4) is 0 Å². The van der Waals surface area contributed by atoms with Crippen molar-refractivity contribution in [1.82, 2.24) is 10.2 Å². The molecule has 0 radical (unpaired) electrons. The number of rotatable bonds is 6. The number of carbonyl (C=O) groups excluding carboxylic acids is 4. The maximum absolute atomic E-state index is 12.2. The zero-order valence-electron chi connectivity index (χ0n) is 16.1. The summed E-state index contributed by atoms with van der Waals surface area (Å²) in [7, 11) is 1.30. The van der Waals surface area contributed by atoms with Gasteiger partial charge in [-0.3, -0.25) is 19.2 Å². The Morgan fingerprint density at radius 3 is 2.64 bits per heavy atom. The summed E-state index contributed by atoms with van der Waals surface area (Å²) >= 11 is 1.43. The summed E-state index contributed by atoms with van der Waals surface area (Å²) in [6.07, 6.45) is 0. The lowest BCUT2D eigenvalue weighted by Gasteiger charge is -2.30. The Bertz CT molecular complexity index is 767. The number of hydrogen-bond acceptors (Lipinski definition) is 7. The van der Waals surface area contributed by atoms with Crippen molar-refractivity contribution in [2.45, 2.75) is 19.1 Å². The summed E-state index contributed by atoms with van der Waals surface area (Å²) in [4.78, 5) is 49.2. The molecule has 9 heteroatoms. The highest BCUT2D eigenvalue weighted by atomic mass is 32.2. The Kier molecular flexibility index (Phi) is 7.86. The summed E-state index contributed by atoms with van der Waals surface area (Å²) in [6.45, 7) is 3.77. The molecule has 1 aliphatic rings. The number of methoxy groups -OCH3 is 1. The molecule has 0 unspecified atom stereocenters. The molecule has 0 saturated carbocycles. The van der Waals surface area contributed by atoms with Crippen LogP contribution in [0.1, 0.15) is 21.5 Å². The molecule has 0 aromatic heterocycles. The van der Waals surface area contributed by atoms with Gasteiger partial charge in [0.25, 0.3) is 11.8 Å². The highest BCUT2D eigenvalue weighted by Crippen LogP contribution is 2.19. The van der Waals surface area contributed by atoms with Gasteiger partial charge in [-0.15, -0.1) is 11.8 Å². The molecule has 1 heterocycles. The van der Waals surface area contributed by atoms with E-state index in [1.807, 2.05) is 19.9 Å². The third-order valence-corrected chi connectivity index (χ3v) is 5.56. The molecule has 2 amide bonds. The average Bonchev–Trinajstić information content (AvgIpc) is 2.71. The number of thioether (sulfide) groups is 1. The first-order valence-corrected chi connectivity index (χ1v) is 9.85. The largest absolute Gasteiger partial charge is 0.468 e. The van der Waals surface area contributed by atoms with Crippen molar-refractivity contribution in [2.75, 3.05) is 39.1 Å². The lowest BCUT2D eigenvalue weighted by molar-refractivity contribution is -0.151. The molecule has 28 heavy (non-hydrogen) atoms. The first-order valence-electron chi connectivity index (χ1n) is 8.80. The zero-order chi connectivity index (χ0) is 20.7. The molecule has 8 nitrogen and oxygen atoms in total. The normalized spacial score (nSPS) is 16.2. The molecule has 1 fully saturated rings. The van der Waals surface area contributed by atoms with Gasteiger partial charge in [0.05, 0.1) is 7.11 Å². The fourth-order valence-electron chi connectivity index (χ4n) is 2.57. The van der Waals surface area contributed by atoms with E-state index in [1.165, 1.54) is 23.8 Å². The van der Waals surface area contributed by atoms with Crippen LogP contribution in [0.5, 0.6) is 0 Å². The lowest BCUT2D eigenvalue weighted by atomic mass is 10.1. The molecule has 0 aliphatic carbocycles. The molecule has 1 aliphatic heterocycles. The number of amides is 2. The summed E-state index contributed by atoms with van der Waals surface area (Å²) in [5, 5.41) is 2.04. The Morgan fingerprint density at radius 2 is 1.96 bits per heavy atom. The SMILES string of the molecule is COC(=O)[C@@H]1CN(C(=O)COC(=O)CNC(=O)c2ccc(C)c(C)c2)CCS1. The Morgan fingerprint density at radius 1 is 1.21 bits per heavy atom. The van der Waals surface area contributed by atoms with Crippen LogP contribution in [0.15, 0.2) is 18.2 Å². The number of benzene rings is 1. The van der Waals surface area contributed by atoms with Crippen LogP contribution in [0.25, 0.3) is 0 Å². The second kappa shape index (κ2) is 10.1. The van der Waals surface area contributed by atoms with Crippen LogP contribution in [-0.2, 0) is 23.9 Å². The summed E-state index contributed by atoms with van der Waals surface area (Å²) in [6, 6.07) is 5.25. The summed E-state index contributed by atoms with van der Waals surface area (Å²) in [5.74, 6) is -1.26. The fourth-order valence-corrected chi connectivity index (χ4v) is 3.70. The Balaban J connectivity index is 1.75. The monoisotopic (exact) mass is 408 g/mol. The summed E-state index contributed by atoms with van der Waals surface area (Å²) in [5.41, 5.74) is 2.50. The minimum Gasteiger partial charge on any atom is -0.468 e. The first kappa shape index (κ1) is 21.7. The quantitative estimate of drug-likeness (QED) is 0.691. The fraction of sp³-hybridized carbons (Fsp3) is 0.474. The topological polar surface area (TPSA) is 102 Å². The van der Waals surface area contributed by atoms with E-state index in [9.17, 15) is 19.2 Å². The molecule has 1 atom stereocenters. The minimum absolute atomic E-state index is 0.219. The van der Waals surface area contributed by atoms with Gasteiger partial charge in [-0.2, -0.15) is 0 Å². The molecular weight excluding hydrogens is 384 g/mol. The molecule has 152 valence electrons. The number of nitrogens with zero attached hydrogens (tertiary/aromatic N) is 1. The number of esters is 2. The first-order chi connectivity index (χ1) is 13.3. The number of carbonyl (C=O) groups is 4. The number of hydrogen-bond donors (Lipinski definition) is 1. The van der Waals surface area contributed by atoms with Gasteiger partial charge in [-0.1, -0.05) is 6.07 Å². The lowest BCUT2D eigenvalue weighted by Crippen LogP contribution is -2.46. The zero-order valence-corrected chi connectivity index (χ0v) is 17.0. The van der Waals surface area contributed by atoms with Gasteiger partial charge in [0.2, 0.25) is 0 Å². The van der Waals surface area contributed by atoms with Gasteiger partial charge in [-0.25, -0.2) is 0 Å². The number of nitrogens with one attached hydrogen (secondary N) is 1. The van der Waals surface area contributed by atoms with Gasteiger partial charge < -0.3 is 19.7 Å². The standard InChI is InChI=1S/C19H24N2O6S/c1-12-4-5-14(8-13(12)2)18(24)20-9-17(23)27-11-16(22)21-6-7-28-15(10-21)19(25)26-3/h4-5,8,15H,6-7,9-11H2,1-3H3,(H,20,24)/t15-/m0/s1. The van der Waals surface area contributed by atoms with Gasteiger partial charge in [0, 0.05) is 24.4 Å². The molecule has 1 N–H and O–H groups in total. The van der Waals surface area contributed by atoms with Crippen molar-refractivity contribution in [2.24, 2.45) is 0 Å². The van der Waals surface area contributed by atoms with Crippen molar-refractivity contribution in [1.29, 1.82) is 0 Å². The van der Waals surface area contributed by atoms with Crippen molar-refractivity contribution in [3.8, 4) is 0 Å². The van der Waals surface area contributed by atoms with Gasteiger partial charge >= 0.3 is 11.9 Å². The summed E-state index contributed by atoms with van der Waals surface area (Å²) < 4.78 is 9.64. The Hall–Kier alpha value is -2.55. The van der Waals surface area contributed by atoms with Crippen LogP contribution < -0.4 is 5.32 Å². The van der Waals surface area contributed by atoms with E-state index in [2.05, 4.69) is 5.32 Å². The molecule has 0 bridgehead atoms. The smallest absolute Gasteiger partial charge is 0.325 e. The van der Waals surface area contributed by atoms with E-state index in [-0.39, 0.29) is 30.9 Å². The maximum Gasteiger partial charge on any atom is 0.325 e. The third kappa shape index (κ3) is 5.98. The molecular formula is C19H24N2O6S. The van der Waals surface area contributed by atoms with Crippen LogP contribution in [-0.4, -0.2) is 73.0 Å². The predicted molar refractivity (Wildman–Crippen MR) is 104 cm³/mol. The van der Waals surface area contributed by atoms with E-state index >= 15 is 0 Å². The second-order valence-corrected chi connectivity index (χ2v) is 7.68. The van der Waals surface area contributed by atoms with Gasteiger partial charge in [0.15, 0.2) is 6.61 Å². The van der Waals surface area contributed by atoms with Crippen LogP contribution in [0, 0.1) is 13.8 Å². The van der Waals surface area contributed by atoms with E-state index in [0.717, 1.165) is 11.1 Å². The minimum atomic E-state index is -0.707. The van der Waals surface area contributed by atoms with Crippen LogP contribution in [0.2, 0.25) is 0 Å². The van der Waals surface area contributed by atoms with Crippen LogP contribution >= 0.6 is 11.8 Å². The predicted octanol–water partition coefficient (Wildman–Crippen LogP) is 0.693. The van der Waals surface area contributed by atoms with Crippen molar-refractivity contribution in [3.63, 3.8) is 0 Å². The van der Waals surface area contributed by atoms with Crippen LogP contribution in [0.4, 0.5) is 0 Å². The van der Waals surface area contributed by atoms with E-state index < -0.39 is 17.8 Å². The molecule has 1 aromatic rings. The van der Waals surface area contributed by atoms with E-state index in [0.29, 0.717) is 17.9 Å². The van der Waals surface area contributed by atoms with Gasteiger partial charge in [-0.05, 0) is 37.1 Å². The number of aryl methyl sites for hydroxylation is 2. The maximum atomic E-state index is 12.2. The van der Waals surface area contributed by atoms with Crippen molar-refractivity contribution >= 4 is 35.5 Å².